The van der Waals surface area contributed by atoms with E-state index < -0.39 is 0 Å². The van der Waals surface area contributed by atoms with Crippen molar-refractivity contribution in [1.29, 1.82) is 0 Å². The summed E-state index contributed by atoms with van der Waals surface area (Å²) in [6.45, 7) is 8.00. The van der Waals surface area contributed by atoms with Crippen molar-refractivity contribution in [1.82, 2.24) is 15.6 Å². The number of carbonyl (C=O) groups is 1. The molecule has 0 aliphatic carbocycles. The first-order valence-corrected chi connectivity index (χ1v) is 7.02. The van der Waals surface area contributed by atoms with Gasteiger partial charge in [0.05, 0.1) is 17.7 Å². The smallest absolute Gasteiger partial charge is 0.224 e. The van der Waals surface area contributed by atoms with Crippen molar-refractivity contribution in [2.75, 3.05) is 13.1 Å². The van der Waals surface area contributed by atoms with Gasteiger partial charge in [-0.05, 0) is 37.4 Å². The van der Waals surface area contributed by atoms with Gasteiger partial charge in [-0.3, -0.25) is 9.78 Å². The van der Waals surface area contributed by atoms with Gasteiger partial charge in [0.1, 0.15) is 0 Å². The fraction of sp³-hybridized carbons (Fsp3) is 0.600. The molecule has 1 aromatic heterocycles. The molecule has 0 spiro atoms. The fourth-order valence-electron chi connectivity index (χ4n) is 2.52. The van der Waals surface area contributed by atoms with Crippen LogP contribution >= 0.6 is 24.8 Å². The van der Waals surface area contributed by atoms with Crippen molar-refractivity contribution in [3.05, 3.63) is 29.6 Å². The van der Waals surface area contributed by atoms with Crippen LogP contribution in [0.5, 0.6) is 0 Å². The van der Waals surface area contributed by atoms with E-state index in [0.29, 0.717) is 5.92 Å². The van der Waals surface area contributed by atoms with Crippen LogP contribution in [0.4, 0.5) is 0 Å². The van der Waals surface area contributed by atoms with Crippen LogP contribution in [0.1, 0.15) is 37.6 Å². The molecule has 6 heteroatoms. The molecule has 21 heavy (non-hydrogen) atoms. The maximum Gasteiger partial charge on any atom is 0.224 e. The first-order valence-electron chi connectivity index (χ1n) is 7.02. The van der Waals surface area contributed by atoms with E-state index in [0.717, 1.165) is 30.8 Å². The highest BCUT2D eigenvalue weighted by Crippen LogP contribution is 2.23. The van der Waals surface area contributed by atoms with E-state index >= 15 is 0 Å². The lowest BCUT2D eigenvalue weighted by atomic mass is 9.96. The molecule has 4 nitrogen and oxygen atoms in total. The number of aromatic nitrogens is 1. The number of halogens is 2. The molecule has 2 N–H and O–H groups in total. The van der Waals surface area contributed by atoms with Gasteiger partial charge in [0.15, 0.2) is 0 Å². The molecule has 0 saturated carbocycles. The van der Waals surface area contributed by atoms with Crippen LogP contribution in [0.3, 0.4) is 0 Å². The Kier molecular flexibility index (Phi) is 8.86. The summed E-state index contributed by atoms with van der Waals surface area (Å²) < 4.78 is 0. The largest absolute Gasteiger partial charge is 0.347 e. The zero-order valence-corrected chi connectivity index (χ0v) is 14.4. The Labute approximate surface area is 139 Å². The number of amides is 1. The summed E-state index contributed by atoms with van der Waals surface area (Å²) in [5.74, 6) is 0.575. The standard InChI is InChI=1S/C15H23N3O.2ClH/c1-10(2)13(14-11(3)5-4-7-17-14)18-15(19)12-6-8-16-9-12;;/h4-5,7,10,12-13,16H,6,8-9H2,1-3H3,(H,18,19);2*1H. The third kappa shape index (κ3) is 5.13. The lowest BCUT2D eigenvalue weighted by Crippen LogP contribution is -2.37. The quantitative estimate of drug-likeness (QED) is 0.890. The molecule has 2 atom stereocenters. The highest BCUT2D eigenvalue weighted by Gasteiger charge is 2.27. The third-order valence-electron chi connectivity index (χ3n) is 3.74. The van der Waals surface area contributed by atoms with E-state index in [9.17, 15) is 4.79 Å². The molecule has 2 unspecified atom stereocenters. The Morgan fingerprint density at radius 3 is 2.67 bits per heavy atom. The van der Waals surface area contributed by atoms with Crippen molar-refractivity contribution in [3.63, 3.8) is 0 Å². The molecule has 0 aromatic carbocycles. The second-order valence-corrected chi connectivity index (χ2v) is 5.63. The average molecular weight is 334 g/mol. The summed E-state index contributed by atoms with van der Waals surface area (Å²) in [6.07, 6.45) is 2.72. The van der Waals surface area contributed by atoms with Gasteiger partial charge in [-0.15, -0.1) is 24.8 Å². The molecule has 120 valence electrons. The van der Waals surface area contributed by atoms with E-state index in [4.69, 9.17) is 0 Å². The minimum Gasteiger partial charge on any atom is -0.347 e. The predicted octanol–water partition coefficient (Wildman–Crippen LogP) is 2.66. The highest BCUT2D eigenvalue weighted by molar-refractivity contribution is 5.85. The first kappa shape index (κ1) is 20.2. The van der Waals surface area contributed by atoms with Gasteiger partial charge in [-0.25, -0.2) is 0 Å². The molecule has 1 fully saturated rings. The van der Waals surface area contributed by atoms with Gasteiger partial charge in [0, 0.05) is 12.7 Å². The van der Waals surface area contributed by atoms with Gasteiger partial charge in [-0.1, -0.05) is 19.9 Å². The van der Waals surface area contributed by atoms with Crippen molar-refractivity contribution in [2.45, 2.75) is 33.2 Å². The topological polar surface area (TPSA) is 54.0 Å². The van der Waals surface area contributed by atoms with Gasteiger partial charge >= 0.3 is 0 Å². The number of hydrogen-bond donors (Lipinski definition) is 2. The summed E-state index contributed by atoms with van der Waals surface area (Å²) in [5.41, 5.74) is 2.11. The summed E-state index contributed by atoms with van der Waals surface area (Å²) >= 11 is 0. The Bertz CT molecular complexity index is 448. The van der Waals surface area contributed by atoms with E-state index in [1.165, 1.54) is 0 Å². The van der Waals surface area contributed by atoms with E-state index in [2.05, 4.69) is 29.5 Å². The van der Waals surface area contributed by atoms with Gasteiger partial charge in [0.25, 0.3) is 0 Å². The zero-order chi connectivity index (χ0) is 13.8. The monoisotopic (exact) mass is 333 g/mol. The first-order chi connectivity index (χ1) is 9.09. The number of nitrogens with one attached hydrogen (secondary N) is 2. The molecule has 2 heterocycles. The van der Waals surface area contributed by atoms with Crippen molar-refractivity contribution >= 4 is 30.7 Å². The van der Waals surface area contributed by atoms with Crippen LogP contribution < -0.4 is 10.6 Å². The maximum absolute atomic E-state index is 12.3. The van der Waals surface area contributed by atoms with E-state index in [1.807, 2.05) is 19.1 Å². The van der Waals surface area contributed by atoms with Gasteiger partial charge in [-0.2, -0.15) is 0 Å². The molecule has 0 bridgehead atoms. The Morgan fingerprint density at radius 1 is 1.43 bits per heavy atom. The van der Waals surface area contributed by atoms with E-state index in [-0.39, 0.29) is 42.7 Å². The molecule has 1 aliphatic heterocycles. The number of nitrogens with zero attached hydrogens (tertiary/aromatic N) is 1. The Morgan fingerprint density at radius 2 is 2.14 bits per heavy atom. The molecule has 0 radical (unpaired) electrons. The second kappa shape index (κ2) is 9.23. The Hall–Kier alpha value is -0.840. The summed E-state index contributed by atoms with van der Waals surface area (Å²) in [6, 6.07) is 3.97. The summed E-state index contributed by atoms with van der Waals surface area (Å²) in [4.78, 5) is 16.7. The minimum atomic E-state index is -0.00528. The van der Waals surface area contributed by atoms with Crippen molar-refractivity contribution in [2.24, 2.45) is 11.8 Å². The lowest BCUT2D eigenvalue weighted by molar-refractivity contribution is -0.125. The zero-order valence-electron chi connectivity index (χ0n) is 12.8. The third-order valence-corrected chi connectivity index (χ3v) is 3.74. The van der Waals surface area contributed by atoms with Gasteiger partial charge in [0.2, 0.25) is 5.91 Å². The summed E-state index contributed by atoms with van der Waals surface area (Å²) in [7, 11) is 0. The lowest BCUT2D eigenvalue weighted by Gasteiger charge is -2.24. The number of carbonyl (C=O) groups excluding carboxylic acids is 1. The van der Waals surface area contributed by atoms with Crippen LogP contribution in [-0.4, -0.2) is 24.0 Å². The average Bonchev–Trinajstić information content (AvgIpc) is 2.90. The highest BCUT2D eigenvalue weighted by atomic mass is 35.5. The molecule has 1 amide bonds. The number of pyridine rings is 1. The normalized spacial score (nSPS) is 18.6. The molecular formula is C15H25Cl2N3O. The summed E-state index contributed by atoms with van der Waals surface area (Å²) in [5, 5.41) is 6.40. The van der Waals surface area contributed by atoms with Crippen LogP contribution in [0.25, 0.3) is 0 Å². The van der Waals surface area contributed by atoms with Crippen LogP contribution in [0, 0.1) is 18.8 Å². The molecule has 1 saturated heterocycles. The number of rotatable bonds is 4. The Balaban J connectivity index is 0.00000200. The fourth-order valence-corrected chi connectivity index (χ4v) is 2.52. The van der Waals surface area contributed by atoms with Crippen LogP contribution in [-0.2, 0) is 4.79 Å². The predicted molar refractivity (Wildman–Crippen MR) is 90.2 cm³/mol. The SMILES string of the molecule is Cc1cccnc1C(NC(=O)C1CCNC1)C(C)C.Cl.Cl. The van der Waals surface area contributed by atoms with Gasteiger partial charge < -0.3 is 10.6 Å². The van der Waals surface area contributed by atoms with Crippen LogP contribution in [0.2, 0.25) is 0 Å². The maximum atomic E-state index is 12.3. The van der Waals surface area contributed by atoms with Crippen LogP contribution in [0.15, 0.2) is 18.3 Å². The minimum absolute atomic E-state index is 0. The van der Waals surface area contributed by atoms with E-state index in [1.54, 1.807) is 6.20 Å². The number of aryl methyl sites for hydroxylation is 1. The van der Waals surface area contributed by atoms with Crippen molar-refractivity contribution < 1.29 is 4.79 Å². The molecule has 1 aliphatic rings. The van der Waals surface area contributed by atoms with Crippen molar-refractivity contribution in [3.8, 4) is 0 Å². The molecule has 1 aromatic rings. The number of hydrogen-bond acceptors (Lipinski definition) is 3. The second-order valence-electron chi connectivity index (χ2n) is 5.63. The molecule has 2 rings (SSSR count). The molecular weight excluding hydrogens is 309 g/mol.